The lowest BCUT2D eigenvalue weighted by atomic mass is 10.2. The van der Waals surface area contributed by atoms with Gasteiger partial charge in [0.2, 0.25) is 0 Å². The van der Waals surface area contributed by atoms with E-state index in [4.69, 9.17) is 0 Å². The van der Waals surface area contributed by atoms with Crippen molar-refractivity contribution in [1.82, 2.24) is 0 Å². The Hall–Kier alpha value is -1.20. The summed E-state index contributed by atoms with van der Waals surface area (Å²) in [7, 11) is 0.862. The molecule has 0 aromatic heterocycles. The zero-order valence-electron chi connectivity index (χ0n) is 8.01. The van der Waals surface area contributed by atoms with Crippen molar-refractivity contribution in [3.63, 3.8) is 0 Å². The molecule has 0 bridgehead atoms. The normalized spacial score (nSPS) is 10.9. The van der Waals surface area contributed by atoms with Crippen molar-refractivity contribution in [2.24, 2.45) is 0 Å². The second-order valence-electron chi connectivity index (χ2n) is 2.50. The molecule has 14 heavy (non-hydrogen) atoms. The molecule has 0 atom stereocenters. The molecule has 0 amide bonds. The molecule has 0 heterocycles. The molecule has 6 heteroatoms. The second kappa shape index (κ2) is 5.51. The lowest BCUT2D eigenvalue weighted by molar-refractivity contribution is -0.170. The van der Waals surface area contributed by atoms with Crippen LogP contribution in [0.5, 0.6) is 0 Å². The van der Waals surface area contributed by atoms with Gasteiger partial charge in [0.05, 0.1) is 20.1 Å². The fourth-order valence-electron chi connectivity index (χ4n) is 0.744. The van der Waals surface area contributed by atoms with Gasteiger partial charge in [-0.3, -0.25) is 4.79 Å². The summed E-state index contributed by atoms with van der Waals surface area (Å²) in [4.78, 5) is 21.2. The first-order chi connectivity index (χ1) is 6.44. The van der Waals surface area contributed by atoms with Crippen LogP contribution in [0.1, 0.15) is 19.8 Å². The maximum atomic E-state index is 12.7. The molecule has 0 saturated heterocycles. The minimum absolute atomic E-state index is 0.128. The largest absolute Gasteiger partial charge is 0.466 e. The summed E-state index contributed by atoms with van der Waals surface area (Å²) in [6.45, 7) is 1.69. The molecule has 4 nitrogen and oxygen atoms in total. The van der Waals surface area contributed by atoms with Gasteiger partial charge in [-0.15, -0.1) is 0 Å². The van der Waals surface area contributed by atoms with Gasteiger partial charge in [0.1, 0.15) is 0 Å². The van der Waals surface area contributed by atoms with E-state index in [2.05, 4.69) is 9.47 Å². The Morgan fingerprint density at radius 2 is 1.93 bits per heavy atom. The van der Waals surface area contributed by atoms with E-state index in [1.54, 1.807) is 6.92 Å². The third-order valence-electron chi connectivity index (χ3n) is 1.43. The van der Waals surface area contributed by atoms with Crippen molar-refractivity contribution in [3.05, 3.63) is 0 Å². The van der Waals surface area contributed by atoms with E-state index in [1.807, 2.05) is 0 Å². The Morgan fingerprint density at radius 3 is 2.36 bits per heavy atom. The average Bonchev–Trinajstić information content (AvgIpc) is 2.14. The van der Waals surface area contributed by atoms with Crippen molar-refractivity contribution < 1.29 is 27.8 Å². The molecule has 0 aliphatic rings. The van der Waals surface area contributed by atoms with Crippen LogP contribution in [0.15, 0.2) is 0 Å². The molecule has 0 aromatic carbocycles. The van der Waals surface area contributed by atoms with E-state index in [-0.39, 0.29) is 6.61 Å². The van der Waals surface area contributed by atoms with Crippen LogP contribution in [0.4, 0.5) is 8.78 Å². The van der Waals surface area contributed by atoms with Crippen LogP contribution in [0, 0.1) is 0 Å². The van der Waals surface area contributed by atoms with Gasteiger partial charge < -0.3 is 9.47 Å². The van der Waals surface area contributed by atoms with Crippen LogP contribution in [0.2, 0.25) is 0 Å². The Bertz CT molecular complexity index is 215. The number of hydrogen-bond acceptors (Lipinski definition) is 4. The Labute approximate surface area is 80.2 Å². The molecule has 82 valence electrons. The molecule has 0 aliphatic carbocycles. The lowest BCUT2D eigenvalue weighted by Gasteiger charge is -2.12. The van der Waals surface area contributed by atoms with Gasteiger partial charge in [0.25, 0.3) is 0 Å². The van der Waals surface area contributed by atoms with Gasteiger partial charge >= 0.3 is 17.9 Å². The molecule has 0 spiro atoms. The molecule has 0 aromatic rings. The van der Waals surface area contributed by atoms with Crippen molar-refractivity contribution in [3.8, 4) is 0 Å². The summed E-state index contributed by atoms with van der Waals surface area (Å²) in [5.41, 5.74) is 0. The van der Waals surface area contributed by atoms with Gasteiger partial charge in [-0.1, -0.05) is 0 Å². The van der Waals surface area contributed by atoms with Crippen LogP contribution in [0.25, 0.3) is 0 Å². The van der Waals surface area contributed by atoms with E-state index < -0.39 is 30.7 Å². The Balaban J connectivity index is 3.98. The lowest BCUT2D eigenvalue weighted by Crippen LogP contribution is -2.30. The SMILES string of the molecule is CCOC(=O)CCC(F)(F)C(=O)OC. The summed E-state index contributed by atoms with van der Waals surface area (Å²) in [6.07, 6.45) is -1.39. The minimum atomic E-state index is -3.62. The zero-order chi connectivity index (χ0) is 11.2. The summed E-state index contributed by atoms with van der Waals surface area (Å²) in [5.74, 6) is -6.01. The van der Waals surface area contributed by atoms with Gasteiger partial charge in [-0.2, -0.15) is 8.78 Å². The van der Waals surface area contributed by atoms with E-state index >= 15 is 0 Å². The van der Waals surface area contributed by atoms with Crippen LogP contribution >= 0.6 is 0 Å². The molecule has 0 fully saturated rings. The van der Waals surface area contributed by atoms with E-state index in [0.29, 0.717) is 0 Å². The number of carbonyl (C=O) groups is 2. The van der Waals surface area contributed by atoms with Crippen molar-refractivity contribution in [2.75, 3.05) is 13.7 Å². The highest BCUT2D eigenvalue weighted by atomic mass is 19.3. The molecular formula is C8H12F2O4. The van der Waals surface area contributed by atoms with Crippen molar-refractivity contribution in [1.29, 1.82) is 0 Å². The summed E-state index contributed by atoms with van der Waals surface area (Å²) in [6, 6.07) is 0. The van der Waals surface area contributed by atoms with Crippen LogP contribution in [0.3, 0.4) is 0 Å². The molecule has 0 aliphatic heterocycles. The van der Waals surface area contributed by atoms with Gasteiger partial charge in [-0.25, -0.2) is 4.79 Å². The molecule has 0 unspecified atom stereocenters. The third kappa shape index (κ3) is 4.15. The number of ether oxygens (including phenoxy) is 2. The maximum absolute atomic E-state index is 12.7. The Morgan fingerprint density at radius 1 is 1.36 bits per heavy atom. The summed E-state index contributed by atoms with van der Waals surface area (Å²) >= 11 is 0. The fourth-order valence-corrected chi connectivity index (χ4v) is 0.744. The molecule has 0 saturated carbocycles. The zero-order valence-corrected chi connectivity index (χ0v) is 8.01. The maximum Gasteiger partial charge on any atom is 0.376 e. The molecule has 0 radical (unpaired) electrons. The highest BCUT2D eigenvalue weighted by molar-refractivity contribution is 5.78. The van der Waals surface area contributed by atoms with Gasteiger partial charge in [0.15, 0.2) is 0 Å². The number of alkyl halides is 2. The number of hydrogen-bond donors (Lipinski definition) is 0. The smallest absolute Gasteiger partial charge is 0.376 e. The van der Waals surface area contributed by atoms with Gasteiger partial charge in [-0.05, 0) is 6.92 Å². The van der Waals surface area contributed by atoms with E-state index in [0.717, 1.165) is 7.11 Å². The van der Waals surface area contributed by atoms with E-state index in [9.17, 15) is 18.4 Å². The summed E-state index contributed by atoms with van der Waals surface area (Å²) < 4.78 is 33.8. The minimum Gasteiger partial charge on any atom is -0.466 e. The Kier molecular flexibility index (Phi) is 5.04. The molecule has 0 N–H and O–H groups in total. The second-order valence-corrected chi connectivity index (χ2v) is 2.50. The average molecular weight is 210 g/mol. The highest BCUT2D eigenvalue weighted by Crippen LogP contribution is 2.21. The number of halogens is 2. The topological polar surface area (TPSA) is 52.6 Å². The van der Waals surface area contributed by atoms with Crippen molar-refractivity contribution >= 4 is 11.9 Å². The first-order valence-electron chi connectivity index (χ1n) is 4.06. The standard InChI is InChI=1S/C8H12F2O4/c1-3-14-6(11)4-5-8(9,10)7(12)13-2/h3-5H2,1-2H3. The third-order valence-corrected chi connectivity index (χ3v) is 1.43. The number of rotatable bonds is 5. The highest BCUT2D eigenvalue weighted by Gasteiger charge is 2.40. The van der Waals surface area contributed by atoms with Crippen LogP contribution in [-0.2, 0) is 19.1 Å². The molecule has 0 rings (SSSR count). The number of esters is 2. The van der Waals surface area contributed by atoms with Crippen LogP contribution in [-0.4, -0.2) is 31.6 Å². The predicted octanol–water partition coefficient (Wildman–Crippen LogP) is 1.14. The fraction of sp³-hybridized carbons (Fsp3) is 0.750. The monoisotopic (exact) mass is 210 g/mol. The van der Waals surface area contributed by atoms with Crippen LogP contribution < -0.4 is 0 Å². The van der Waals surface area contributed by atoms with Gasteiger partial charge in [0, 0.05) is 6.42 Å². The number of carbonyl (C=O) groups excluding carboxylic acids is 2. The van der Waals surface area contributed by atoms with Crippen molar-refractivity contribution in [2.45, 2.75) is 25.7 Å². The quantitative estimate of drug-likeness (QED) is 0.638. The first kappa shape index (κ1) is 12.8. The first-order valence-corrected chi connectivity index (χ1v) is 4.06. The summed E-state index contributed by atoms with van der Waals surface area (Å²) in [5, 5.41) is 0. The number of methoxy groups -OCH3 is 1. The van der Waals surface area contributed by atoms with E-state index in [1.165, 1.54) is 0 Å². The predicted molar refractivity (Wildman–Crippen MR) is 42.8 cm³/mol. The molecular weight excluding hydrogens is 198 g/mol.